The summed E-state index contributed by atoms with van der Waals surface area (Å²) in [6.45, 7) is 6.67. The number of halogens is 2. The van der Waals surface area contributed by atoms with Crippen LogP contribution in [-0.2, 0) is 6.42 Å². The summed E-state index contributed by atoms with van der Waals surface area (Å²) in [5, 5.41) is 4.40. The van der Waals surface area contributed by atoms with Crippen LogP contribution in [0.5, 0.6) is 17.2 Å². The van der Waals surface area contributed by atoms with Crippen LogP contribution in [0.15, 0.2) is 42.5 Å². The number of ether oxygens (including phenoxy) is 3. The highest BCUT2D eigenvalue weighted by atomic mass is 35.5. The predicted octanol–water partition coefficient (Wildman–Crippen LogP) is 7.31. The Balaban J connectivity index is 1.66. The van der Waals surface area contributed by atoms with Crippen LogP contribution < -0.4 is 24.4 Å². The fraction of sp³-hybridized carbons (Fsp3) is 0.367. The molecule has 10 heteroatoms. The van der Waals surface area contributed by atoms with Crippen LogP contribution in [0.2, 0.25) is 10.0 Å². The lowest BCUT2D eigenvalue weighted by molar-refractivity contribution is 0.324. The van der Waals surface area contributed by atoms with E-state index in [1.165, 1.54) is 0 Å². The fourth-order valence-electron chi connectivity index (χ4n) is 4.58. The van der Waals surface area contributed by atoms with E-state index < -0.39 is 0 Å². The second-order valence-corrected chi connectivity index (χ2v) is 10.1. The van der Waals surface area contributed by atoms with Gasteiger partial charge in [0.1, 0.15) is 5.52 Å². The molecule has 8 nitrogen and oxygen atoms in total. The molecule has 0 atom stereocenters. The van der Waals surface area contributed by atoms with E-state index in [1.54, 1.807) is 27.4 Å². The number of fused-ring (bicyclic) bond motifs is 1. The molecule has 0 spiro atoms. The number of hydrogen-bond acceptors (Lipinski definition) is 8. The lowest BCUT2D eigenvalue weighted by atomic mass is 10.1. The Hall–Kier alpha value is -3.49. The summed E-state index contributed by atoms with van der Waals surface area (Å²) in [6, 6.07) is 13.4. The van der Waals surface area contributed by atoms with E-state index in [0.717, 1.165) is 59.6 Å². The van der Waals surface area contributed by atoms with E-state index in [0.29, 0.717) is 46.2 Å². The van der Waals surface area contributed by atoms with Gasteiger partial charge in [-0.05, 0) is 61.2 Å². The van der Waals surface area contributed by atoms with Gasteiger partial charge in [-0.1, -0.05) is 43.1 Å². The molecule has 0 fully saturated rings. The number of anilines is 2. The van der Waals surface area contributed by atoms with Gasteiger partial charge in [0.2, 0.25) is 11.7 Å². The molecule has 2 aromatic carbocycles. The van der Waals surface area contributed by atoms with Gasteiger partial charge in [0.05, 0.1) is 42.6 Å². The van der Waals surface area contributed by atoms with Crippen LogP contribution in [0.25, 0.3) is 22.3 Å². The van der Waals surface area contributed by atoms with Crippen molar-refractivity contribution in [3.05, 3.63) is 58.1 Å². The number of pyridine rings is 1. The van der Waals surface area contributed by atoms with Crippen molar-refractivity contribution < 1.29 is 14.2 Å². The lowest BCUT2D eigenvalue weighted by Gasteiger charge is -2.24. The zero-order valence-electron chi connectivity index (χ0n) is 23.6. The third-order valence-corrected chi connectivity index (χ3v) is 7.19. The van der Waals surface area contributed by atoms with Crippen LogP contribution in [0.1, 0.15) is 32.3 Å². The Kier molecular flexibility index (Phi) is 10.1. The SMILES string of the molecule is CCCN(CCC)c1nc(NCCc2cc(OC)c(OC)c(OC)c2)nc2ccc(-c3ccc(Cl)c(Cl)c3)nc12. The van der Waals surface area contributed by atoms with Gasteiger partial charge in [0.25, 0.3) is 0 Å². The van der Waals surface area contributed by atoms with E-state index in [4.69, 9.17) is 52.4 Å². The van der Waals surface area contributed by atoms with Gasteiger partial charge >= 0.3 is 0 Å². The number of aromatic nitrogens is 3. The average molecular weight is 585 g/mol. The van der Waals surface area contributed by atoms with E-state index in [1.807, 2.05) is 36.4 Å². The first kappa shape index (κ1) is 29.5. The first-order valence-corrected chi connectivity index (χ1v) is 14.1. The van der Waals surface area contributed by atoms with Crippen LogP contribution in [0, 0.1) is 0 Å². The Bertz CT molecular complexity index is 1440. The summed E-state index contributed by atoms with van der Waals surface area (Å²) >= 11 is 12.4. The minimum Gasteiger partial charge on any atom is -0.493 e. The Morgan fingerprint density at radius 2 is 1.50 bits per heavy atom. The minimum atomic E-state index is 0.489. The second kappa shape index (κ2) is 13.7. The molecule has 2 heterocycles. The maximum Gasteiger partial charge on any atom is 0.225 e. The summed E-state index contributed by atoms with van der Waals surface area (Å²) < 4.78 is 16.4. The molecule has 0 saturated carbocycles. The van der Waals surface area contributed by atoms with E-state index >= 15 is 0 Å². The van der Waals surface area contributed by atoms with Crippen molar-refractivity contribution in [2.75, 3.05) is 51.2 Å². The van der Waals surface area contributed by atoms with Crippen molar-refractivity contribution in [2.24, 2.45) is 0 Å². The van der Waals surface area contributed by atoms with Crippen LogP contribution >= 0.6 is 23.2 Å². The monoisotopic (exact) mass is 583 g/mol. The first-order chi connectivity index (χ1) is 19.4. The zero-order chi connectivity index (χ0) is 28.6. The molecule has 0 aliphatic carbocycles. The Morgan fingerprint density at radius 3 is 2.10 bits per heavy atom. The van der Waals surface area contributed by atoms with Gasteiger partial charge in [-0.25, -0.2) is 9.97 Å². The van der Waals surface area contributed by atoms with Crippen molar-refractivity contribution in [1.82, 2.24) is 15.0 Å². The number of methoxy groups -OCH3 is 3. The third kappa shape index (κ3) is 6.62. The van der Waals surface area contributed by atoms with Gasteiger partial charge in [-0.3, -0.25) is 0 Å². The highest BCUT2D eigenvalue weighted by Gasteiger charge is 2.17. The summed E-state index contributed by atoms with van der Waals surface area (Å²) in [7, 11) is 4.82. The van der Waals surface area contributed by atoms with Gasteiger partial charge in [0, 0.05) is 25.2 Å². The van der Waals surface area contributed by atoms with E-state index in [-0.39, 0.29) is 0 Å². The predicted molar refractivity (Wildman–Crippen MR) is 164 cm³/mol. The first-order valence-electron chi connectivity index (χ1n) is 13.3. The van der Waals surface area contributed by atoms with Crippen molar-refractivity contribution in [3.8, 4) is 28.5 Å². The molecule has 4 rings (SSSR count). The minimum absolute atomic E-state index is 0.489. The van der Waals surface area contributed by atoms with Crippen molar-refractivity contribution in [3.63, 3.8) is 0 Å². The summed E-state index contributed by atoms with van der Waals surface area (Å²) in [4.78, 5) is 17.0. The van der Waals surface area contributed by atoms with Gasteiger partial charge < -0.3 is 24.4 Å². The second-order valence-electron chi connectivity index (χ2n) is 9.26. The van der Waals surface area contributed by atoms with Crippen LogP contribution in [0.3, 0.4) is 0 Å². The maximum atomic E-state index is 6.29. The molecule has 0 aliphatic rings. The summed E-state index contributed by atoms with van der Waals surface area (Å²) in [5.74, 6) is 3.19. The molecule has 4 aromatic rings. The highest BCUT2D eigenvalue weighted by molar-refractivity contribution is 6.42. The quantitative estimate of drug-likeness (QED) is 0.175. The molecule has 0 unspecified atom stereocenters. The number of benzene rings is 2. The summed E-state index contributed by atoms with van der Waals surface area (Å²) in [5.41, 5.74) is 4.22. The zero-order valence-corrected chi connectivity index (χ0v) is 25.1. The molecule has 1 N–H and O–H groups in total. The van der Waals surface area contributed by atoms with E-state index in [2.05, 4.69) is 24.1 Å². The Labute approximate surface area is 245 Å². The molecule has 0 bridgehead atoms. The number of rotatable bonds is 13. The molecule has 0 saturated heterocycles. The van der Waals surface area contributed by atoms with Gasteiger partial charge in [0.15, 0.2) is 17.3 Å². The highest BCUT2D eigenvalue weighted by Crippen LogP contribution is 2.38. The number of nitrogens with zero attached hydrogens (tertiary/aromatic N) is 4. The number of nitrogens with one attached hydrogen (secondary N) is 1. The number of hydrogen-bond donors (Lipinski definition) is 1. The van der Waals surface area contributed by atoms with Crippen molar-refractivity contribution >= 4 is 46.0 Å². The van der Waals surface area contributed by atoms with Crippen molar-refractivity contribution in [2.45, 2.75) is 33.1 Å². The van der Waals surface area contributed by atoms with Crippen LogP contribution in [-0.4, -0.2) is 55.9 Å². The summed E-state index contributed by atoms with van der Waals surface area (Å²) in [6.07, 6.45) is 2.68. The normalized spacial score (nSPS) is 11.0. The fourth-order valence-corrected chi connectivity index (χ4v) is 4.87. The molecule has 0 amide bonds. The molecule has 0 radical (unpaired) electrons. The molecule has 40 heavy (non-hydrogen) atoms. The standard InChI is InChI=1S/C30H35Cl2N5O3/c1-6-14-37(15-7-2)29-27-24(11-10-23(34-27)20-8-9-21(31)22(32)18-20)35-30(36-29)33-13-12-19-16-25(38-3)28(40-5)26(17-19)39-4/h8-11,16-18H,6-7,12-15H2,1-5H3,(H,33,35,36). The van der Waals surface area contributed by atoms with Crippen molar-refractivity contribution in [1.29, 1.82) is 0 Å². The average Bonchev–Trinajstić information content (AvgIpc) is 2.97. The molecule has 0 aliphatic heterocycles. The lowest BCUT2D eigenvalue weighted by Crippen LogP contribution is -2.27. The molecule has 2 aromatic heterocycles. The smallest absolute Gasteiger partial charge is 0.225 e. The molecular formula is C30H35Cl2N5O3. The molecular weight excluding hydrogens is 549 g/mol. The van der Waals surface area contributed by atoms with Gasteiger partial charge in [-0.15, -0.1) is 0 Å². The third-order valence-electron chi connectivity index (χ3n) is 6.45. The van der Waals surface area contributed by atoms with E-state index in [9.17, 15) is 0 Å². The Morgan fingerprint density at radius 1 is 0.800 bits per heavy atom. The topological polar surface area (TPSA) is 81.6 Å². The van der Waals surface area contributed by atoms with Gasteiger partial charge in [-0.2, -0.15) is 4.98 Å². The molecule has 212 valence electrons. The van der Waals surface area contributed by atoms with Crippen LogP contribution in [0.4, 0.5) is 11.8 Å². The largest absolute Gasteiger partial charge is 0.493 e. The maximum absolute atomic E-state index is 6.29.